The molecule has 154 valence electrons. The van der Waals surface area contributed by atoms with Crippen molar-refractivity contribution in [1.82, 2.24) is 15.5 Å². The summed E-state index contributed by atoms with van der Waals surface area (Å²) in [5.41, 5.74) is 3.40. The van der Waals surface area contributed by atoms with Crippen molar-refractivity contribution in [2.75, 3.05) is 17.4 Å². The Morgan fingerprint density at radius 2 is 1.87 bits per heavy atom. The second-order valence-corrected chi connectivity index (χ2v) is 7.71. The standard InChI is InChI=1S/C20H19N5O4S/c1-11-3-5-14(12(2)7-11)23-20(27)21-9-17-24-25-19(30-17)18(26)22-13-4-6-15-16(8-13)29-10-28-15/h3-8H,9-10H2,1-2H3,(H,22,26)(H2,21,23,27). The number of urea groups is 1. The average Bonchev–Trinajstić information content (AvgIpc) is 3.37. The van der Waals surface area contributed by atoms with Gasteiger partial charge in [-0.05, 0) is 37.6 Å². The van der Waals surface area contributed by atoms with Crippen molar-refractivity contribution in [2.24, 2.45) is 0 Å². The number of rotatable bonds is 5. The molecule has 0 spiro atoms. The number of anilines is 2. The zero-order valence-electron chi connectivity index (χ0n) is 16.3. The van der Waals surface area contributed by atoms with Crippen LogP contribution in [0.4, 0.5) is 16.2 Å². The Bertz CT molecular complexity index is 1110. The number of nitrogens with zero attached hydrogens (tertiary/aromatic N) is 2. The van der Waals surface area contributed by atoms with Crippen LogP contribution in [0.15, 0.2) is 36.4 Å². The molecule has 0 bridgehead atoms. The molecule has 3 aromatic rings. The Kier molecular flexibility index (Phi) is 5.48. The lowest BCUT2D eigenvalue weighted by Crippen LogP contribution is -2.28. The van der Waals surface area contributed by atoms with Crippen molar-refractivity contribution < 1.29 is 19.1 Å². The largest absolute Gasteiger partial charge is 0.454 e. The van der Waals surface area contributed by atoms with Gasteiger partial charge in [-0.1, -0.05) is 29.0 Å². The Balaban J connectivity index is 1.31. The van der Waals surface area contributed by atoms with Gasteiger partial charge in [0.25, 0.3) is 5.91 Å². The topological polar surface area (TPSA) is 114 Å². The second kappa shape index (κ2) is 8.37. The molecule has 10 heteroatoms. The number of nitrogens with one attached hydrogen (secondary N) is 3. The van der Waals surface area contributed by atoms with Crippen molar-refractivity contribution in [3.8, 4) is 11.5 Å². The molecule has 0 fully saturated rings. The number of ether oxygens (including phenoxy) is 2. The first-order chi connectivity index (χ1) is 14.5. The molecule has 1 aliphatic rings. The minimum Gasteiger partial charge on any atom is -0.454 e. The molecule has 1 aromatic heterocycles. The molecule has 2 heterocycles. The molecule has 9 nitrogen and oxygen atoms in total. The highest BCUT2D eigenvalue weighted by Crippen LogP contribution is 2.34. The molecule has 0 radical (unpaired) electrons. The lowest BCUT2D eigenvalue weighted by molar-refractivity contribution is 0.102. The first-order valence-corrected chi connectivity index (χ1v) is 9.95. The number of hydrogen-bond donors (Lipinski definition) is 3. The minimum absolute atomic E-state index is 0.158. The zero-order chi connectivity index (χ0) is 21.1. The number of fused-ring (bicyclic) bond motifs is 1. The van der Waals surface area contributed by atoms with Gasteiger partial charge in [0, 0.05) is 17.4 Å². The normalized spacial score (nSPS) is 11.8. The Hall–Kier alpha value is -3.66. The van der Waals surface area contributed by atoms with E-state index in [4.69, 9.17) is 9.47 Å². The molecule has 3 amide bonds. The highest BCUT2D eigenvalue weighted by Gasteiger charge is 2.17. The number of benzene rings is 2. The molecule has 30 heavy (non-hydrogen) atoms. The number of hydrogen-bond acceptors (Lipinski definition) is 7. The summed E-state index contributed by atoms with van der Waals surface area (Å²) in [4.78, 5) is 24.5. The summed E-state index contributed by atoms with van der Waals surface area (Å²) in [6, 6.07) is 10.5. The van der Waals surface area contributed by atoms with Crippen LogP contribution in [0.1, 0.15) is 25.9 Å². The molecule has 2 aromatic carbocycles. The molecule has 0 aliphatic carbocycles. The first-order valence-electron chi connectivity index (χ1n) is 9.13. The molecule has 3 N–H and O–H groups in total. The van der Waals surface area contributed by atoms with E-state index in [1.54, 1.807) is 18.2 Å². The van der Waals surface area contributed by atoms with Gasteiger partial charge < -0.3 is 25.4 Å². The predicted molar refractivity (Wildman–Crippen MR) is 112 cm³/mol. The van der Waals surface area contributed by atoms with Gasteiger partial charge in [0.05, 0.1) is 6.54 Å². The van der Waals surface area contributed by atoms with Crippen LogP contribution in [-0.4, -0.2) is 28.9 Å². The molecular weight excluding hydrogens is 406 g/mol. The molecule has 0 saturated carbocycles. The first kappa shape index (κ1) is 19.6. The molecule has 1 aliphatic heterocycles. The van der Waals surface area contributed by atoms with Crippen molar-refractivity contribution in [3.05, 3.63) is 57.5 Å². The third kappa shape index (κ3) is 4.49. The van der Waals surface area contributed by atoms with E-state index in [2.05, 4.69) is 26.1 Å². The summed E-state index contributed by atoms with van der Waals surface area (Å²) in [5.74, 6) is 0.818. The van der Waals surface area contributed by atoms with E-state index >= 15 is 0 Å². The zero-order valence-corrected chi connectivity index (χ0v) is 17.1. The Morgan fingerprint density at radius 1 is 1.03 bits per heavy atom. The van der Waals surface area contributed by atoms with Crippen LogP contribution in [0.25, 0.3) is 0 Å². The number of amides is 3. The van der Waals surface area contributed by atoms with Crippen molar-refractivity contribution in [2.45, 2.75) is 20.4 Å². The van der Waals surface area contributed by atoms with E-state index in [0.717, 1.165) is 28.2 Å². The van der Waals surface area contributed by atoms with Gasteiger partial charge in [-0.15, -0.1) is 10.2 Å². The van der Waals surface area contributed by atoms with Gasteiger partial charge in [0.15, 0.2) is 11.5 Å². The molecular formula is C20H19N5O4S. The maximum Gasteiger partial charge on any atom is 0.319 e. The Morgan fingerprint density at radius 3 is 2.70 bits per heavy atom. The molecule has 4 rings (SSSR count). The number of aryl methyl sites for hydroxylation is 2. The van der Waals surface area contributed by atoms with E-state index in [-0.39, 0.29) is 24.4 Å². The second-order valence-electron chi connectivity index (χ2n) is 6.65. The summed E-state index contributed by atoms with van der Waals surface area (Å²) < 4.78 is 10.5. The average molecular weight is 425 g/mol. The Labute approximate surface area is 176 Å². The van der Waals surface area contributed by atoms with E-state index in [1.807, 2.05) is 32.0 Å². The van der Waals surface area contributed by atoms with Crippen LogP contribution < -0.4 is 25.4 Å². The minimum atomic E-state index is -0.391. The van der Waals surface area contributed by atoms with E-state index < -0.39 is 5.91 Å². The van der Waals surface area contributed by atoms with Crippen LogP contribution in [0.5, 0.6) is 11.5 Å². The van der Waals surface area contributed by atoms with Crippen molar-refractivity contribution in [3.63, 3.8) is 0 Å². The fraction of sp³-hybridized carbons (Fsp3) is 0.200. The summed E-state index contributed by atoms with van der Waals surface area (Å²) >= 11 is 1.11. The monoisotopic (exact) mass is 425 g/mol. The highest BCUT2D eigenvalue weighted by molar-refractivity contribution is 7.13. The quantitative estimate of drug-likeness (QED) is 0.577. The van der Waals surface area contributed by atoms with E-state index in [9.17, 15) is 9.59 Å². The highest BCUT2D eigenvalue weighted by atomic mass is 32.1. The summed E-state index contributed by atoms with van der Waals surface area (Å²) in [5, 5.41) is 16.8. The third-order valence-electron chi connectivity index (χ3n) is 4.32. The van der Waals surface area contributed by atoms with Gasteiger partial charge in [0.2, 0.25) is 11.8 Å². The van der Waals surface area contributed by atoms with E-state index in [1.165, 1.54) is 0 Å². The molecule has 0 saturated heterocycles. The summed E-state index contributed by atoms with van der Waals surface area (Å²) in [6.45, 7) is 4.24. The number of aromatic nitrogens is 2. The fourth-order valence-electron chi connectivity index (χ4n) is 2.85. The van der Waals surface area contributed by atoms with Gasteiger partial charge in [-0.3, -0.25) is 4.79 Å². The molecule has 0 unspecified atom stereocenters. The van der Waals surface area contributed by atoms with E-state index in [0.29, 0.717) is 22.2 Å². The maximum atomic E-state index is 12.4. The third-order valence-corrected chi connectivity index (χ3v) is 5.24. The van der Waals surface area contributed by atoms with Gasteiger partial charge in [-0.2, -0.15) is 0 Å². The lowest BCUT2D eigenvalue weighted by atomic mass is 10.1. The van der Waals surface area contributed by atoms with Crippen LogP contribution in [0, 0.1) is 13.8 Å². The summed E-state index contributed by atoms with van der Waals surface area (Å²) in [6.07, 6.45) is 0. The number of carbonyl (C=O) groups excluding carboxylic acids is 2. The number of carbonyl (C=O) groups is 2. The van der Waals surface area contributed by atoms with Crippen LogP contribution in [-0.2, 0) is 6.54 Å². The van der Waals surface area contributed by atoms with Crippen molar-refractivity contribution >= 4 is 34.6 Å². The van der Waals surface area contributed by atoms with Gasteiger partial charge in [-0.25, -0.2) is 4.79 Å². The van der Waals surface area contributed by atoms with Crippen LogP contribution >= 0.6 is 11.3 Å². The van der Waals surface area contributed by atoms with Crippen molar-refractivity contribution in [1.29, 1.82) is 0 Å². The lowest BCUT2D eigenvalue weighted by Gasteiger charge is -2.09. The summed E-state index contributed by atoms with van der Waals surface area (Å²) in [7, 11) is 0. The van der Waals surface area contributed by atoms with Crippen LogP contribution in [0.2, 0.25) is 0 Å². The van der Waals surface area contributed by atoms with Gasteiger partial charge in [0.1, 0.15) is 5.01 Å². The van der Waals surface area contributed by atoms with Crippen LogP contribution in [0.3, 0.4) is 0 Å². The fourth-order valence-corrected chi connectivity index (χ4v) is 3.53. The smallest absolute Gasteiger partial charge is 0.319 e. The maximum absolute atomic E-state index is 12.4. The molecule has 0 atom stereocenters. The van der Waals surface area contributed by atoms with Gasteiger partial charge >= 0.3 is 6.03 Å². The predicted octanol–water partition coefficient (Wildman–Crippen LogP) is 3.46. The SMILES string of the molecule is Cc1ccc(NC(=O)NCc2nnc(C(=O)Nc3ccc4c(c3)OCO4)s2)c(C)c1.